The van der Waals surface area contributed by atoms with Crippen molar-refractivity contribution in [1.29, 1.82) is 0 Å². The number of pyridine rings is 1. The predicted molar refractivity (Wildman–Crippen MR) is 73.1 cm³/mol. The van der Waals surface area contributed by atoms with Crippen LogP contribution >= 0.6 is 0 Å². The number of piperidine rings is 1. The molecule has 1 aromatic heterocycles. The van der Waals surface area contributed by atoms with Crippen LogP contribution in [0.4, 0.5) is 4.79 Å². The SMILES string of the molecule is CC(NC(=O)N1CCCC(C(=O)O)C1)c1ccccn1. The first kappa shape index (κ1) is 14.3. The van der Waals surface area contributed by atoms with Crippen molar-refractivity contribution < 1.29 is 14.7 Å². The average Bonchev–Trinajstić information content (AvgIpc) is 2.48. The molecule has 2 atom stereocenters. The van der Waals surface area contributed by atoms with Gasteiger partial charge in [-0.1, -0.05) is 6.07 Å². The van der Waals surface area contributed by atoms with Gasteiger partial charge in [-0.05, 0) is 31.9 Å². The summed E-state index contributed by atoms with van der Waals surface area (Å²) in [6.45, 7) is 2.74. The molecule has 1 aromatic rings. The van der Waals surface area contributed by atoms with E-state index in [1.165, 1.54) is 0 Å². The summed E-state index contributed by atoms with van der Waals surface area (Å²) in [7, 11) is 0. The van der Waals surface area contributed by atoms with Crippen LogP contribution in [-0.4, -0.2) is 40.1 Å². The van der Waals surface area contributed by atoms with E-state index in [4.69, 9.17) is 5.11 Å². The van der Waals surface area contributed by atoms with Gasteiger partial charge in [0.15, 0.2) is 0 Å². The Balaban J connectivity index is 1.93. The van der Waals surface area contributed by atoms with Crippen LogP contribution < -0.4 is 5.32 Å². The lowest BCUT2D eigenvalue weighted by Crippen LogP contribution is -2.47. The molecule has 2 unspecified atom stereocenters. The van der Waals surface area contributed by atoms with Crippen LogP contribution in [0.2, 0.25) is 0 Å². The van der Waals surface area contributed by atoms with Crippen LogP contribution in [0.5, 0.6) is 0 Å². The standard InChI is InChI=1S/C14H19N3O3/c1-10(12-6-2-3-7-15-12)16-14(20)17-8-4-5-11(9-17)13(18)19/h2-3,6-7,10-11H,4-5,8-9H2,1H3,(H,16,20)(H,18,19). The third-order valence-electron chi connectivity index (χ3n) is 3.53. The number of urea groups is 1. The largest absolute Gasteiger partial charge is 0.481 e. The van der Waals surface area contributed by atoms with Gasteiger partial charge in [-0.15, -0.1) is 0 Å². The number of aromatic nitrogens is 1. The van der Waals surface area contributed by atoms with E-state index in [1.54, 1.807) is 11.1 Å². The Morgan fingerprint density at radius 3 is 2.95 bits per heavy atom. The van der Waals surface area contributed by atoms with Crippen molar-refractivity contribution in [2.24, 2.45) is 5.92 Å². The lowest BCUT2D eigenvalue weighted by atomic mass is 9.99. The van der Waals surface area contributed by atoms with E-state index < -0.39 is 11.9 Å². The van der Waals surface area contributed by atoms with E-state index in [1.807, 2.05) is 25.1 Å². The minimum Gasteiger partial charge on any atom is -0.481 e. The molecule has 20 heavy (non-hydrogen) atoms. The Bertz CT molecular complexity index is 478. The number of carboxylic acid groups (broad SMARTS) is 1. The highest BCUT2D eigenvalue weighted by Crippen LogP contribution is 2.17. The summed E-state index contributed by atoms with van der Waals surface area (Å²) < 4.78 is 0. The van der Waals surface area contributed by atoms with Crippen LogP contribution in [0.25, 0.3) is 0 Å². The first-order valence-corrected chi connectivity index (χ1v) is 6.77. The van der Waals surface area contributed by atoms with Crippen LogP contribution in [0.1, 0.15) is 31.5 Å². The summed E-state index contributed by atoms with van der Waals surface area (Å²) in [6, 6.07) is 5.11. The number of carboxylic acids is 1. The third-order valence-corrected chi connectivity index (χ3v) is 3.53. The number of likely N-dealkylation sites (tertiary alicyclic amines) is 1. The Morgan fingerprint density at radius 2 is 2.30 bits per heavy atom. The third kappa shape index (κ3) is 3.46. The molecule has 0 aromatic carbocycles. The van der Waals surface area contributed by atoms with Gasteiger partial charge in [0.2, 0.25) is 0 Å². The lowest BCUT2D eigenvalue weighted by molar-refractivity contribution is -0.143. The van der Waals surface area contributed by atoms with Crippen molar-refractivity contribution in [3.05, 3.63) is 30.1 Å². The minimum atomic E-state index is -0.833. The molecule has 1 saturated heterocycles. The smallest absolute Gasteiger partial charge is 0.317 e. The Morgan fingerprint density at radius 1 is 1.50 bits per heavy atom. The maximum atomic E-state index is 12.1. The second kappa shape index (κ2) is 6.36. The van der Waals surface area contributed by atoms with E-state index in [9.17, 15) is 9.59 Å². The van der Waals surface area contributed by atoms with Crippen LogP contribution in [0.3, 0.4) is 0 Å². The van der Waals surface area contributed by atoms with Gasteiger partial charge in [-0.25, -0.2) is 4.79 Å². The van der Waals surface area contributed by atoms with Gasteiger partial charge >= 0.3 is 12.0 Å². The maximum Gasteiger partial charge on any atom is 0.317 e. The zero-order valence-electron chi connectivity index (χ0n) is 11.5. The van der Waals surface area contributed by atoms with Crippen molar-refractivity contribution in [2.75, 3.05) is 13.1 Å². The quantitative estimate of drug-likeness (QED) is 0.880. The highest BCUT2D eigenvalue weighted by atomic mass is 16.4. The summed E-state index contributed by atoms with van der Waals surface area (Å²) in [6.07, 6.45) is 3.04. The number of nitrogens with zero attached hydrogens (tertiary/aromatic N) is 2. The monoisotopic (exact) mass is 277 g/mol. The molecule has 1 aliphatic rings. The second-order valence-electron chi connectivity index (χ2n) is 5.05. The second-order valence-corrected chi connectivity index (χ2v) is 5.05. The number of amides is 2. The number of aliphatic carboxylic acids is 1. The molecular formula is C14H19N3O3. The first-order chi connectivity index (χ1) is 9.58. The van der Waals surface area contributed by atoms with Gasteiger partial charge in [0.05, 0.1) is 17.7 Å². The average molecular weight is 277 g/mol. The number of carbonyl (C=O) groups is 2. The van der Waals surface area contributed by atoms with Crippen molar-refractivity contribution in [1.82, 2.24) is 15.2 Å². The van der Waals surface area contributed by atoms with Gasteiger partial charge in [0, 0.05) is 19.3 Å². The fourth-order valence-electron chi connectivity index (χ4n) is 2.35. The fourth-order valence-corrected chi connectivity index (χ4v) is 2.35. The number of carbonyl (C=O) groups excluding carboxylic acids is 1. The summed E-state index contributed by atoms with van der Waals surface area (Å²) in [5, 5.41) is 11.9. The summed E-state index contributed by atoms with van der Waals surface area (Å²) >= 11 is 0. The van der Waals surface area contributed by atoms with Gasteiger partial charge in [-0.3, -0.25) is 9.78 Å². The number of hydrogen-bond donors (Lipinski definition) is 2. The number of rotatable bonds is 3. The number of nitrogens with one attached hydrogen (secondary N) is 1. The number of hydrogen-bond acceptors (Lipinski definition) is 3. The van der Waals surface area contributed by atoms with Gasteiger partial charge in [-0.2, -0.15) is 0 Å². The molecule has 2 heterocycles. The topological polar surface area (TPSA) is 82.5 Å². The van der Waals surface area contributed by atoms with Gasteiger partial charge in [0.1, 0.15) is 0 Å². The molecule has 0 radical (unpaired) electrons. The predicted octanol–water partition coefficient (Wildman–Crippen LogP) is 1.65. The Hall–Kier alpha value is -2.11. The fraction of sp³-hybridized carbons (Fsp3) is 0.500. The molecule has 1 fully saturated rings. The van der Waals surface area contributed by atoms with Crippen molar-refractivity contribution >= 4 is 12.0 Å². The highest BCUT2D eigenvalue weighted by Gasteiger charge is 2.28. The summed E-state index contributed by atoms with van der Waals surface area (Å²) in [5.41, 5.74) is 0.785. The molecule has 6 nitrogen and oxygen atoms in total. The van der Waals surface area contributed by atoms with E-state index >= 15 is 0 Å². The normalized spacial score (nSPS) is 20.2. The molecule has 0 aliphatic carbocycles. The Kier molecular flexibility index (Phi) is 4.55. The molecule has 2 N–H and O–H groups in total. The molecule has 6 heteroatoms. The molecule has 1 aliphatic heterocycles. The molecule has 2 amide bonds. The summed E-state index contributed by atoms with van der Waals surface area (Å²) in [5.74, 6) is -1.29. The van der Waals surface area contributed by atoms with Crippen LogP contribution in [0.15, 0.2) is 24.4 Å². The lowest BCUT2D eigenvalue weighted by Gasteiger charge is -2.31. The highest BCUT2D eigenvalue weighted by molar-refractivity contribution is 5.76. The van der Waals surface area contributed by atoms with E-state index in [0.717, 1.165) is 12.1 Å². The van der Waals surface area contributed by atoms with Crippen molar-refractivity contribution in [3.63, 3.8) is 0 Å². The zero-order valence-corrected chi connectivity index (χ0v) is 11.5. The van der Waals surface area contributed by atoms with Crippen LogP contribution in [0, 0.1) is 5.92 Å². The molecule has 108 valence electrons. The first-order valence-electron chi connectivity index (χ1n) is 6.77. The van der Waals surface area contributed by atoms with Gasteiger partial charge in [0.25, 0.3) is 0 Å². The van der Waals surface area contributed by atoms with E-state index in [2.05, 4.69) is 10.3 Å². The summed E-state index contributed by atoms with van der Waals surface area (Å²) in [4.78, 5) is 28.9. The van der Waals surface area contributed by atoms with E-state index in [0.29, 0.717) is 13.0 Å². The molecule has 0 saturated carbocycles. The minimum absolute atomic E-state index is 0.200. The van der Waals surface area contributed by atoms with Gasteiger partial charge < -0.3 is 15.3 Å². The molecular weight excluding hydrogens is 258 g/mol. The molecule has 0 bridgehead atoms. The molecule has 2 rings (SSSR count). The molecule has 0 spiro atoms. The zero-order chi connectivity index (χ0) is 14.5. The van der Waals surface area contributed by atoms with Crippen molar-refractivity contribution in [2.45, 2.75) is 25.8 Å². The van der Waals surface area contributed by atoms with E-state index in [-0.39, 0.29) is 18.6 Å². The van der Waals surface area contributed by atoms with Crippen molar-refractivity contribution in [3.8, 4) is 0 Å². The maximum absolute atomic E-state index is 12.1. The Labute approximate surface area is 117 Å². The van der Waals surface area contributed by atoms with Crippen LogP contribution in [-0.2, 0) is 4.79 Å².